The van der Waals surface area contributed by atoms with Crippen molar-refractivity contribution in [2.24, 2.45) is 0 Å². The Bertz CT molecular complexity index is 728. The van der Waals surface area contributed by atoms with E-state index in [1.165, 1.54) is 12.4 Å². The minimum atomic E-state index is -3.66. The molecule has 1 aromatic heterocycles. The Labute approximate surface area is 124 Å². The quantitative estimate of drug-likeness (QED) is 0.916. The van der Waals surface area contributed by atoms with Gasteiger partial charge in [-0.2, -0.15) is 0 Å². The van der Waals surface area contributed by atoms with E-state index in [9.17, 15) is 8.42 Å². The predicted molar refractivity (Wildman–Crippen MR) is 79.9 cm³/mol. The summed E-state index contributed by atoms with van der Waals surface area (Å²) in [6.07, 6.45) is 2.75. The summed E-state index contributed by atoms with van der Waals surface area (Å²) in [7, 11) is -3.66. The summed E-state index contributed by atoms with van der Waals surface area (Å²) < 4.78 is 32.3. The Morgan fingerprint density at radius 1 is 1.19 bits per heavy atom. The topological polar surface area (TPSA) is 81.2 Å². The number of anilines is 1. The lowest BCUT2D eigenvalue weighted by Gasteiger charge is -2.11. The first-order valence-corrected chi connectivity index (χ1v) is 7.95. The number of rotatable bonds is 5. The van der Waals surface area contributed by atoms with Gasteiger partial charge in [-0.3, -0.25) is 4.72 Å². The molecule has 0 atom stereocenters. The molecule has 0 aliphatic carbocycles. The molecule has 0 radical (unpaired) electrons. The van der Waals surface area contributed by atoms with E-state index in [-0.39, 0.29) is 10.9 Å². The lowest BCUT2D eigenvalue weighted by molar-refractivity contribution is 0.312. The standard InChI is InChI=1S/C14H17N3O3S/c1-4-20-14-15-8-12(9-16-14)17-21(18,19)13-7-10(2)5-6-11(13)3/h5-9,17H,4H2,1-3H3. The van der Waals surface area contributed by atoms with Crippen LogP contribution >= 0.6 is 0 Å². The molecule has 0 saturated heterocycles. The second-order valence-electron chi connectivity index (χ2n) is 4.56. The maximum Gasteiger partial charge on any atom is 0.316 e. The summed E-state index contributed by atoms with van der Waals surface area (Å²) in [4.78, 5) is 8.10. The zero-order valence-electron chi connectivity index (χ0n) is 12.1. The highest BCUT2D eigenvalue weighted by Crippen LogP contribution is 2.20. The van der Waals surface area contributed by atoms with E-state index in [2.05, 4.69) is 14.7 Å². The number of sulfonamides is 1. The van der Waals surface area contributed by atoms with Crippen molar-refractivity contribution >= 4 is 15.7 Å². The second-order valence-corrected chi connectivity index (χ2v) is 6.21. The van der Waals surface area contributed by atoms with Crippen LogP contribution in [0.1, 0.15) is 18.1 Å². The van der Waals surface area contributed by atoms with Crippen LogP contribution in [0.4, 0.5) is 5.69 Å². The molecule has 1 N–H and O–H groups in total. The zero-order valence-corrected chi connectivity index (χ0v) is 12.9. The molecule has 7 heteroatoms. The molecular weight excluding hydrogens is 290 g/mol. The van der Waals surface area contributed by atoms with Crippen LogP contribution in [0.2, 0.25) is 0 Å². The number of aryl methyl sites for hydroxylation is 2. The number of hydrogen-bond donors (Lipinski definition) is 1. The zero-order chi connectivity index (χ0) is 15.5. The third-order valence-corrected chi connectivity index (χ3v) is 4.31. The van der Waals surface area contributed by atoms with E-state index in [1.54, 1.807) is 19.1 Å². The Balaban J connectivity index is 2.26. The lowest BCUT2D eigenvalue weighted by Crippen LogP contribution is -2.15. The fourth-order valence-electron chi connectivity index (χ4n) is 1.78. The number of nitrogens with zero attached hydrogens (tertiary/aromatic N) is 2. The van der Waals surface area contributed by atoms with Crippen molar-refractivity contribution in [3.8, 4) is 6.01 Å². The Morgan fingerprint density at radius 2 is 1.86 bits per heavy atom. The second kappa shape index (κ2) is 6.09. The van der Waals surface area contributed by atoms with Gasteiger partial charge in [0.1, 0.15) is 0 Å². The van der Waals surface area contributed by atoms with Gasteiger partial charge < -0.3 is 4.74 Å². The van der Waals surface area contributed by atoms with E-state index < -0.39 is 10.0 Å². The normalized spacial score (nSPS) is 11.2. The molecule has 0 saturated carbocycles. The van der Waals surface area contributed by atoms with Gasteiger partial charge in [-0.25, -0.2) is 18.4 Å². The van der Waals surface area contributed by atoms with E-state index >= 15 is 0 Å². The van der Waals surface area contributed by atoms with Gasteiger partial charge in [-0.05, 0) is 38.0 Å². The van der Waals surface area contributed by atoms with Crippen LogP contribution in [0.15, 0.2) is 35.5 Å². The van der Waals surface area contributed by atoms with Crippen molar-refractivity contribution < 1.29 is 13.2 Å². The van der Waals surface area contributed by atoms with Crippen LogP contribution in [0, 0.1) is 13.8 Å². The summed E-state index contributed by atoms with van der Waals surface area (Å²) in [5.74, 6) is 0. The molecule has 0 fully saturated rings. The fourth-order valence-corrected chi connectivity index (χ4v) is 3.14. The van der Waals surface area contributed by atoms with Crippen LogP contribution in [0.3, 0.4) is 0 Å². The van der Waals surface area contributed by atoms with Crippen molar-refractivity contribution in [2.75, 3.05) is 11.3 Å². The van der Waals surface area contributed by atoms with E-state index in [1.807, 2.05) is 19.9 Å². The van der Waals surface area contributed by atoms with Crippen molar-refractivity contribution in [3.63, 3.8) is 0 Å². The van der Waals surface area contributed by atoms with Crippen LogP contribution in [-0.4, -0.2) is 25.0 Å². The van der Waals surface area contributed by atoms with Gasteiger partial charge >= 0.3 is 6.01 Å². The largest absolute Gasteiger partial charge is 0.464 e. The molecular formula is C14H17N3O3S. The predicted octanol–water partition coefficient (Wildman–Crippen LogP) is 2.29. The number of benzene rings is 1. The first-order valence-electron chi connectivity index (χ1n) is 6.47. The average Bonchev–Trinajstić information content (AvgIpc) is 2.43. The maximum atomic E-state index is 12.4. The molecule has 0 spiro atoms. The number of ether oxygens (including phenoxy) is 1. The van der Waals surface area contributed by atoms with Crippen molar-refractivity contribution in [2.45, 2.75) is 25.7 Å². The summed E-state index contributed by atoms with van der Waals surface area (Å²) in [6.45, 7) is 5.87. The molecule has 0 amide bonds. The van der Waals surface area contributed by atoms with Gasteiger partial charge in [-0.1, -0.05) is 12.1 Å². The van der Waals surface area contributed by atoms with Crippen LogP contribution in [0.5, 0.6) is 6.01 Å². The number of hydrogen-bond acceptors (Lipinski definition) is 5. The third-order valence-electron chi connectivity index (χ3n) is 2.79. The lowest BCUT2D eigenvalue weighted by atomic mass is 10.2. The molecule has 0 aliphatic heterocycles. The summed E-state index contributed by atoms with van der Waals surface area (Å²) >= 11 is 0. The van der Waals surface area contributed by atoms with E-state index in [4.69, 9.17) is 4.74 Å². The van der Waals surface area contributed by atoms with Gasteiger partial charge in [0.2, 0.25) is 0 Å². The highest BCUT2D eigenvalue weighted by atomic mass is 32.2. The summed E-state index contributed by atoms with van der Waals surface area (Å²) in [5, 5.41) is 0. The Morgan fingerprint density at radius 3 is 2.48 bits per heavy atom. The monoisotopic (exact) mass is 307 g/mol. The Hall–Kier alpha value is -2.15. The first kappa shape index (κ1) is 15.2. The molecule has 1 heterocycles. The summed E-state index contributed by atoms with van der Waals surface area (Å²) in [5.41, 5.74) is 1.85. The van der Waals surface area contributed by atoms with Crippen LogP contribution < -0.4 is 9.46 Å². The van der Waals surface area contributed by atoms with Crippen LogP contribution in [0.25, 0.3) is 0 Å². The number of nitrogens with one attached hydrogen (secondary N) is 1. The van der Waals surface area contributed by atoms with Gasteiger partial charge in [-0.15, -0.1) is 0 Å². The molecule has 6 nitrogen and oxygen atoms in total. The first-order chi connectivity index (χ1) is 9.92. The molecule has 112 valence electrons. The molecule has 1 aromatic carbocycles. The molecule has 0 bridgehead atoms. The highest BCUT2D eigenvalue weighted by Gasteiger charge is 2.17. The fraction of sp³-hybridized carbons (Fsp3) is 0.286. The SMILES string of the molecule is CCOc1ncc(NS(=O)(=O)c2cc(C)ccc2C)cn1. The third kappa shape index (κ3) is 3.69. The van der Waals surface area contributed by atoms with E-state index in [0.29, 0.717) is 17.9 Å². The minimum absolute atomic E-state index is 0.215. The van der Waals surface area contributed by atoms with Gasteiger partial charge in [0.15, 0.2) is 0 Å². The van der Waals surface area contributed by atoms with Crippen LogP contribution in [-0.2, 0) is 10.0 Å². The maximum absolute atomic E-state index is 12.4. The molecule has 0 unspecified atom stereocenters. The van der Waals surface area contributed by atoms with Crippen molar-refractivity contribution in [1.82, 2.24) is 9.97 Å². The minimum Gasteiger partial charge on any atom is -0.464 e. The Kier molecular flexibility index (Phi) is 4.42. The van der Waals surface area contributed by atoms with Crippen molar-refractivity contribution in [3.05, 3.63) is 41.7 Å². The van der Waals surface area contributed by atoms with Crippen molar-refractivity contribution in [1.29, 1.82) is 0 Å². The average molecular weight is 307 g/mol. The van der Waals surface area contributed by atoms with E-state index in [0.717, 1.165) is 5.56 Å². The van der Waals surface area contributed by atoms with Gasteiger partial charge in [0, 0.05) is 0 Å². The highest BCUT2D eigenvalue weighted by molar-refractivity contribution is 7.92. The smallest absolute Gasteiger partial charge is 0.316 e. The molecule has 2 aromatic rings. The molecule has 0 aliphatic rings. The summed E-state index contributed by atoms with van der Waals surface area (Å²) in [6, 6.07) is 5.49. The molecule has 21 heavy (non-hydrogen) atoms. The van der Waals surface area contributed by atoms with Gasteiger partial charge in [0.25, 0.3) is 10.0 Å². The molecule has 2 rings (SSSR count). The number of aromatic nitrogens is 2. The van der Waals surface area contributed by atoms with Gasteiger partial charge in [0.05, 0.1) is 29.6 Å².